The predicted molar refractivity (Wildman–Crippen MR) is 58.2 cm³/mol. The lowest BCUT2D eigenvalue weighted by Crippen LogP contribution is -2.64. The Kier molecular flexibility index (Phi) is 3.53. The highest BCUT2D eigenvalue weighted by molar-refractivity contribution is 5.93. The summed E-state index contributed by atoms with van der Waals surface area (Å²) in [5.74, 6) is -1.06. The zero-order valence-electron chi connectivity index (χ0n) is 9.91. The lowest BCUT2D eigenvalue weighted by Gasteiger charge is -2.41. The second-order valence-electron chi connectivity index (χ2n) is 4.39. The maximum atomic E-state index is 12.0. The molecule has 0 aliphatic carbocycles. The van der Waals surface area contributed by atoms with Crippen LogP contribution in [0.5, 0.6) is 0 Å². The van der Waals surface area contributed by atoms with Crippen molar-refractivity contribution in [3.8, 4) is 6.07 Å². The number of hydrogen-bond donors (Lipinski definition) is 1. The summed E-state index contributed by atoms with van der Waals surface area (Å²) in [4.78, 5) is 25.2. The minimum atomic E-state index is -0.862. The highest BCUT2D eigenvalue weighted by atomic mass is 16.2. The topological polar surface area (TPSA) is 73.2 Å². The molecule has 1 unspecified atom stereocenters. The number of hydrogen-bond acceptors (Lipinski definition) is 3. The Morgan fingerprint density at radius 3 is 2.81 bits per heavy atom. The Labute approximate surface area is 95.4 Å². The smallest absolute Gasteiger partial charge is 0.245 e. The van der Waals surface area contributed by atoms with Crippen LogP contribution in [0.1, 0.15) is 27.2 Å². The van der Waals surface area contributed by atoms with E-state index < -0.39 is 11.5 Å². The van der Waals surface area contributed by atoms with Gasteiger partial charge in [-0.05, 0) is 20.3 Å². The molecule has 0 aromatic heterocycles. The number of amides is 2. The fourth-order valence-corrected chi connectivity index (χ4v) is 1.79. The second kappa shape index (κ2) is 4.52. The average molecular weight is 223 g/mol. The molecule has 1 aliphatic heterocycles. The van der Waals surface area contributed by atoms with Crippen molar-refractivity contribution in [2.24, 2.45) is 5.92 Å². The molecule has 88 valence electrons. The third-order valence-corrected chi connectivity index (χ3v) is 2.98. The molecule has 0 radical (unpaired) electrons. The third-order valence-electron chi connectivity index (χ3n) is 2.98. The first-order chi connectivity index (χ1) is 7.45. The van der Waals surface area contributed by atoms with Crippen molar-refractivity contribution in [3.05, 3.63) is 0 Å². The fraction of sp³-hybridized carbons (Fsp3) is 0.727. The normalized spacial score (nSPS) is 20.9. The van der Waals surface area contributed by atoms with E-state index in [1.807, 2.05) is 6.07 Å². The molecule has 0 saturated carbocycles. The molecular formula is C11H17N3O2. The van der Waals surface area contributed by atoms with E-state index in [9.17, 15) is 9.59 Å². The van der Waals surface area contributed by atoms with Gasteiger partial charge in [0.2, 0.25) is 11.8 Å². The number of nitrogens with one attached hydrogen (secondary N) is 1. The van der Waals surface area contributed by atoms with Crippen LogP contribution in [0, 0.1) is 17.2 Å². The van der Waals surface area contributed by atoms with E-state index in [0.29, 0.717) is 19.5 Å². The van der Waals surface area contributed by atoms with Crippen LogP contribution in [0.15, 0.2) is 0 Å². The SMILES string of the molecule is CCC(C#N)C(=O)N1CCNC(=O)C1(C)C. The van der Waals surface area contributed by atoms with E-state index in [1.165, 1.54) is 4.90 Å². The fourth-order valence-electron chi connectivity index (χ4n) is 1.79. The molecule has 5 heteroatoms. The van der Waals surface area contributed by atoms with E-state index >= 15 is 0 Å². The highest BCUT2D eigenvalue weighted by Crippen LogP contribution is 2.21. The molecule has 0 bridgehead atoms. The van der Waals surface area contributed by atoms with Crippen LogP contribution in [-0.4, -0.2) is 35.3 Å². The van der Waals surface area contributed by atoms with Crippen molar-refractivity contribution >= 4 is 11.8 Å². The molecule has 0 aromatic rings. The molecule has 1 saturated heterocycles. The largest absolute Gasteiger partial charge is 0.352 e. The molecule has 1 atom stereocenters. The van der Waals surface area contributed by atoms with Crippen molar-refractivity contribution < 1.29 is 9.59 Å². The number of nitriles is 1. The quantitative estimate of drug-likeness (QED) is 0.730. The molecule has 1 aliphatic rings. The predicted octanol–water partition coefficient (Wildman–Crippen LogP) is 0.273. The van der Waals surface area contributed by atoms with Gasteiger partial charge in [0, 0.05) is 13.1 Å². The Balaban J connectivity index is 2.91. The monoisotopic (exact) mass is 223 g/mol. The first-order valence-electron chi connectivity index (χ1n) is 5.44. The summed E-state index contributed by atoms with van der Waals surface area (Å²) < 4.78 is 0. The van der Waals surface area contributed by atoms with E-state index in [1.54, 1.807) is 20.8 Å². The van der Waals surface area contributed by atoms with Crippen molar-refractivity contribution in [3.63, 3.8) is 0 Å². The first-order valence-corrected chi connectivity index (χ1v) is 5.44. The molecule has 2 amide bonds. The number of rotatable bonds is 2. The van der Waals surface area contributed by atoms with Crippen molar-refractivity contribution in [1.29, 1.82) is 5.26 Å². The van der Waals surface area contributed by atoms with Crippen LogP contribution in [0.25, 0.3) is 0 Å². The molecule has 16 heavy (non-hydrogen) atoms. The third kappa shape index (κ3) is 2.01. The molecule has 0 spiro atoms. The molecule has 5 nitrogen and oxygen atoms in total. The van der Waals surface area contributed by atoms with Crippen LogP contribution in [0.4, 0.5) is 0 Å². The standard InChI is InChI=1S/C11H17N3O2/c1-4-8(7-12)9(15)14-6-5-13-10(16)11(14,2)3/h8H,4-6H2,1-3H3,(H,13,16). The minimum Gasteiger partial charge on any atom is -0.352 e. The van der Waals surface area contributed by atoms with Crippen LogP contribution in [-0.2, 0) is 9.59 Å². The van der Waals surface area contributed by atoms with Gasteiger partial charge >= 0.3 is 0 Å². The zero-order valence-corrected chi connectivity index (χ0v) is 9.91. The molecule has 0 aromatic carbocycles. The summed E-state index contributed by atoms with van der Waals surface area (Å²) in [5, 5.41) is 11.6. The van der Waals surface area contributed by atoms with Gasteiger partial charge in [0.1, 0.15) is 11.5 Å². The number of nitrogens with zero attached hydrogens (tertiary/aromatic N) is 2. The Bertz CT molecular complexity index is 344. The van der Waals surface area contributed by atoms with Crippen LogP contribution in [0.3, 0.4) is 0 Å². The lowest BCUT2D eigenvalue weighted by atomic mass is 9.95. The molecule has 1 rings (SSSR count). The van der Waals surface area contributed by atoms with Gasteiger partial charge < -0.3 is 10.2 Å². The van der Waals surface area contributed by atoms with E-state index in [4.69, 9.17) is 5.26 Å². The van der Waals surface area contributed by atoms with Crippen molar-refractivity contribution in [2.75, 3.05) is 13.1 Å². The minimum absolute atomic E-state index is 0.167. The summed E-state index contributed by atoms with van der Waals surface area (Å²) in [6, 6.07) is 1.98. The Hall–Kier alpha value is -1.57. The molecule has 1 fully saturated rings. The van der Waals surface area contributed by atoms with Gasteiger partial charge in [0.15, 0.2) is 0 Å². The van der Waals surface area contributed by atoms with Crippen LogP contribution >= 0.6 is 0 Å². The van der Waals surface area contributed by atoms with E-state index in [2.05, 4.69) is 5.32 Å². The van der Waals surface area contributed by atoms with Crippen LogP contribution in [0.2, 0.25) is 0 Å². The van der Waals surface area contributed by atoms with Gasteiger partial charge in [-0.1, -0.05) is 6.92 Å². The summed E-state index contributed by atoms with van der Waals surface area (Å²) in [5.41, 5.74) is -0.862. The maximum absolute atomic E-state index is 12.0. The van der Waals surface area contributed by atoms with Gasteiger partial charge in [0.25, 0.3) is 0 Å². The van der Waals surface area contributed by atoms with Gasteiger partial charge in [-0.15, -0.1) is 0 Å². The first kappa shape index (κ1) is 12.5. The summed E-state index contributed by atoms with van der Waals surface area (Å²) in [7, 11) is 0. The van der Waals surface area contributed by atoms with Crippen molar-refractivity contribution in [1.82, 2.24) is 10.2 Å². The average Bonchev–Trinajstić information content (AvgIpc) is 2.23. The number of piperazine rings is 1. The van der Waals surface area contributed by atoms with E-state index in [-0.39, 0.29) is 11.8 Å². The van der Waals surface area contributed by atoms with Crippen molar-refractivity contribution in [2.45, 2.75) is 32.7 Å². The summed E-state index contributed by atoms with van der Waals surface area (Å²) in [6.45, 7) is 6.11. The molecule has 1 N–H and O–H groups in total. The highest BCUT2D eigenvalue weighted by Gasteiger charge is 2.42. The summed E-state index contributed by atoms with van der Waals surface area (Å²) in [6.07, 6.45) is 0.476. The molecular weight excluding hydrogens is 206 g/mol. The number of carbonyl (C=O) groups excluding carboxylic acids is 2. The molecule has 1 heterocycles. The Morgan fingerprint density at radius 2 is 2.31 bits per heavy atom. The van der Waals surface area contributed by atoms with Gasteiger partial charge in [-0.2, -0.15) is 5.26 Å². The zero-order chi connectivity index (χ0) is 12.3. The maximum Gasteiger partial charge on any atom is 0.245 e. The van der Waals surface area contributed by atoms with Gasteiger partial charge in [0.05, 0.1) is 6.07 Å². The van der Waals surface area contributed by atoms with E-state index in [0.717, 1.165) is 0 Å². The number of carbonyl (C=O) groups is 2. The van der Waals surface area contributed by atoms with Gasteiger partial charge in [-0.25, -0.2) is 0 Å². The van der Waals surface area contributed by atoms with Gasteiger partial charge in [-0.3, -0.25) is 9.59 Å². The summed E-state index contributed by atoms with van der Waals surface area (Å²) >= 11 is 0. The Morgan fingerprint density at radius 1 is 1.69 bits per heavy atom. The van der Waals surface area contributed by atoms with Crippen LogP contribution < -0.4 is 5.32 Å². The lowest BCUT2D eigenvalue weighted by molar-refractivity contribution is -0.150. The second-order valence-corrected chi connectivity index (χ2v) is 4.39.